The molecular weight excluding hydrogens is 232 g/mol. The first kappa shape index (κ1) is 13.5. The van der Waals surface area contributed by atoms with E-state index in [1.165, 1.54) is 19.3 Å². The Kier molecular flexibility index (Phi) is 4.33. The van der Waals surface area contributed by atoms with Crippen molar-refractivity contribution in [3.05, 3.63) is 35.4 Å². The highest BCUT2D eigenvalue weighted by Crippen LogP contribution is 2.20. The van der Waals surface area contributed by atoms with Crippen molar-refractivity contribution in [2.45, 2.75) is 51.0 Å². The van der Waals surface area contributed by atoms with Crippen LogP contribution < -0.4 is 5.32 Å². The summed E-state index contributed by atoms with van der Waals surface area (Å²) in [7, 11) is 0. The zero-order valence-electron chi connectivity index (χ0n) is 10.9. The normalized spacial score (nSPS) is 20.9. The summed E-state index contributed by atoms with van der Waals surface area (Å²) in [5.41, 5.74) is 1.90. The van der Waals surface area contributed by atoms with Crippen molar-refractivity contribution in [1.82, 2.24) is 5.32 Å². The number of piperidine rings is 1. The van der Waals surface area contributed by atoms with Crippen LogP contribution in [-0.4, -0.2) is 18.5 Å². The Morgan fingerprint density at radius 3 is 2.72 bits per heavy atom. The molecule has 3 heteroatoms. The molecule has 100 valence electrons. The van der Waals surface area contributed by atoms with Crippen LogP contribution in [0.2, 0.25) is 0 Å². The lowest BCUT2D eigenvalue weighted by atomic mass is 9.96. The van der Waals surface area contributed by atoms with Crippen molar-refractivity contribution in [3.8, 4) is 0 Å². The molecule has 1 N–H and O–H groups in total. The van der Waals surface area contributed by atoms with Gasteiger partial charge in [-0.05, 0) is 43.9 Å². The van der Waals surface area contributed by atoms with Crippen LogP contribution in [0.25, 0.3) is 0 Å². The summed E-state index contributed by atoms with van der Waals surface area (Å²) >= 11 is 0. The number of alkyl halides is 2. The Labute approximate surface area is 108 Å². The molecule has 1 fully saturated rings. The minimum absolute atomic E-state index is 0.168. The molecule has 1 atom stereocenters. The van der Waals surface area contributed by atoms with Gasteiger partial charge in [-0.25, -0.2) is 8.78 Å². The fraction of sp³-hybridized carbons (Fsp3) is 0.600. The van der Waals surface area contributed by atoms with Crippen LogP contribution in [-0.2, 0) is 12.8 Å². The number of hydrogen-bond acceptors (Lipinski definition) is 1. The number of halogens is 2. The van der Waals surface area contributed by atoms with Gasteiger partial charge in [0.05, 0.1) is 0 Å². The Balaban J connectivity index is 1.98. The molecular formula is C15H21F2N. The van der Waals surface area contributed by atoms with E-state index in [0.29, 0.717) is 6.04 Å². The van der Waals surface area contributed by atoms with Crippen LogP contribution in [0.1, 0.15) is 37.3 Å². The molecule has 1 aliphatic rings. The van der Waals surface area contributed by atoms with Gasteiger partial charge in [0.25, 0.3) is 0 Å². The molecule has 0 saturated carbocycles. The lowest BCUT2D eigenvalue weighted by molar-refractivity contribution is 0.0226. The van der Waals surface area contributed by atoms with Crippen LogP contribution in [0.4, 0.5) is 8.78 Å². The summed E-state index contributed by atoms with van der Waals surface area (Å²) < 4.78 is 26.0. The molecule has 18 heavy (non-hydrogen) atoms. The van der Waals surface area contributed by atoms with E-state index in [9.17, 15) is 8.78 Å². The fourth-order valence-electron chi connectivity index (χ4n) is 2.61. The highest BCUT2D eigenvalue weighted by molar-refractivity contribution is 5.25. The quantitative estimate of drug-likeness (QED) is 0.865. The predicted molar refractivity (Wildman–Crippen MR) is 70.1 cm³/mol. The first-order valence-electron chi connectivity index (χ1n) is 6.72. The molecule has 1 saturated heterocycles. The lowest BCUT2D eigenvalue weighted by Crippen LogP contribution is -2.35. The van der Waals surface area contributed by atoms with E-state index in [1.807, 2.05) is 18.2 Å². The van der Waals surface area contributed by atoms with E-state index < -0.39 is 5.92 Å². The molecule has 0 bridgehead atoms. The van der Waals surface area contributed by atoms with Crippen LogP contribution in [0.5, 0.6) is 0 Å². The van der Waals surface area contributed by atoms with Gasteiger partial charge in [-0.2, -0.15) is 0 Å². The fourth-order valence-corrected chi connectivity index (χ4v) is 2.61. The highest BCUT2D eigenvalue weighted by Gasteiger charge is 2.21. The van der Waals surface area contributed by atoms with Gasteiger partial charge in [-0.15, -0.1) is 0 Å². The first-order chi connectivity index (χ1) is 8.53. The van der Waals surface area contributed by atoms with Crippen molar-refractivity contribution >= 4 is 0 Å². The highest BCUT2D eigenvalue weighted by atomic mass is 19.3. The van der Waals surface area contributed by atoms with Crippen LogP contribution in [0.15, 0.2) is 24.3 Å². The third-order valence-corrected chi connectivity index (χ3v) is 3.40. The Hall–Kier alpha value is -0.960. The Bertz CT molecular complexity index is 378. The topological polar surface area (TPSA) is 12.0 Å². The van der Waals surface area contributed by atoms with E-state index in [4.69, 9.17) is 0 Å². The SMILES string of the molecule is CC(F)(F)Cc1cccc(CC2CCCCN2)c1. The lowest BCUT2D eigenvalue weighted by Gasteiger charge is -2.23. The third-order valence-electron chi connectivity index (χ3n) is 3.40. The van der Waals surface area contributed by atoms with Gasteiger partial charge in [-0.3, -0.25) is 0 Å². The summed E-state index contributed by atoms with van der Waals surface area (Å²) in [6, 6.07) is 8.14. The van der Waals surface area contributed by atoms with Crippen molar-refractivity contribution in [2.24, 2.45) is 0 Å². The summed E-state index contributed by atoms with van der Waals surface area (Å²) in [6.45, 7) is 2.06. The summed E-state index contributed by atoms with van der Waals surface area (Å²) in [5.74, 6) is -2.62. The van der Waals surface area contributed by atoms with Crippen molar-refractivity contribution in [1.29, 1.82) is 0 Å². The molecule has 0 spiro atoms. The molecule has 0 radical (unpaired) electrons. The van der Waals surface area contributed by atoms with Gasteiger partial charge in [0, 0.05) is 12.5 Å². The average Bonchev–Trinajstić information content (AvgIpc) is 2.28. The first-order valence-corrected chi connectivity index (χ1v) is 6.72. The van der Waals surface area contributed by atoms with Gasteiger partial charge < -0.3 is 5.32 Å². The molecule has 1 aromatic carbocycles. The van der Waals surface area contributed by atoms with Crippen molar-refractivity contribution in [3.63, 3.8) is 0 Å². The smallest absolute Gasteiger partial charge is 0.249 e. The molecule has 0 amide bonds. The van der Waals surface area contributed by atoms with Crippen molar-refractivity contribution in [2.75, 3.05) is 6.54 Å². The number of benzene rings is 1. The number of nitrogens with one attached hydrogen (secondary N) is 1. The van der Waals surface area contributed by atoms with E-state index >= 15 is 0 Å². The largest absolute Gasteiger partial charge is 0.314 e. The molecule has 1 aliphatic heterocycles. The molecule has 2 rings (SSSR count). The van der Waals surface area contributed by atoms with Crippen LogP contribution in [0.3, 0.4) is 0 Å². The van der Waals surface area contributed by atoms with Crippen LogP contribution >= 0.6 is 0 Å². The van der Waals surface area contributed by atoms with E-state index in [0.717, 1.165) is 31.0 Å². The van der Waals surface area contributed by atoms with Gasteiger partial charge in [-0.1, -0.05) is 30.7 Å². The maximum absolute atomic E-state index is 13.0. The van der Waals surface area contributed by atoms with Gasteiger partial charge in [0.2, 0.25) is 5.92 Å². The second-order valence-electron chi connectivity index (χ2n) is 5.42. The summed E-state index contributed by atoms with van der Waals surface area (Å²) in [6.07, 6.45) is 4.49. The minimum atomic E-state index is -2.62. The van der Waals surface area contributed by atoms with Gasteiger partial charge in [0.15, 0.2) is 0 Å². The van der Waals surface area contributed by atoms with Gasteiger partial charge >= 0.3 is 0 Å². The summed E-state index contributed by atoms with van der Waals surface area (Å²) in [4.78, 5) is 0. The minimum Gasteiger partial charge on any atom is -0.314 e. The Morgan fingerprint density at radius 1 is 1.28 bits per heavy atom. The van der Waals surface area contributed by atoms with E-state index in [1.54, 1.807) is 6.07 Å². The standard InChI is InChI=1S/C15H21F2N/c1-15(16,17)11-13-6-4-5-12(9-13)10-14-7-2-3-8-18-14/h4-6,9,14,18H,2-3,7-8,10-11H2,1H3. The predicted octanol–water partition coefficient (Wildman–Crippen LogP) is 3.57. The molecule has 1 heterocycles. The van der Waals surface area contributed by atoms with E-state index in [2.05, 4.69) is 5.32 Å². The number of rotatable bonds is 4. The molecule has 1 unspecified atom stereocenters. The molecule has 1 aromatic rings. The molecule has 0 aliphatic carbocycles. The zero-order valence-corrected chi connectivity index (χ0v) is 10.9. The number of hydrogen-bond donors (Lipinski definition) is 1. The second kappa shape index (κ2) is 5.79. The molecule has 1 nitrogen and oxygen atoms in total. The Morgan fingerprint density at radius 2 is 2.06 bits per heavy atom. The second-order valence-corrected chi connectivity index (χ2v) is 5.42. The third kappa shape index (κ3) is 4.37. The summed E-state index contributed by atoms with van der Waals surface area (Å²) in [5, 5.41) is 3.49. The van der Waals surface area contributed by atoms with Crippen molar-refractivity contribution < 1.29 is 8.78 Å². The van der Waals surface area contributed by atoms with Crippen LogP contribution in [0, 0.1) is 0 Å². The van der Waals surface area contributed by atoms with E-state index in [-0.39, 0.29) is 6.42 Å². The van der Waals surface area contributed by atoms with Gasteiger partial charge in [0.1, 0.15) is 0 Å². The average molecular weight is 253 g/mol. The maximum Gasteiger partial charge on any atom is 0.249 e. The molecule has 0 aromatic heterocycles. The zero-order chi connectivity index (χ0) is 13.0. The monoisotopic (exact) mass is 253 g/mol. The maximum atomic E-state index is 13.0.